The van der Waals surface area contributed by atoms with Crippen LogP contribution in [0, 0.1) is 5.82 Å². The second-order valence-electron chi connectivity index (χ2n) is 3.31. The van der Waals surface area contributed by atoms with Crippen molar-refractivity contribution in [3.8, 4) is 5.75 Å². The van der Waals surface area contributed by atoms with Crippen LogP contribution in [0.1, 0.15) is 12.5 Å². The molecule has 0 aliphatic heterocycles. The highest BCUT2D eigenvalue weighted by molar-refractivity contribution is 5.89. The summed E-state index contributed by atoms with van der Waals surface area (Å²) in [5.74, 6) is -0.347. The van der Waals surface area contributed by atoms with Gasteiger partial charge in [0.05, 0.1) is 5.39 Å². The molecule has 0 radical (unpaired) electrons. The van der Waals surface area contributed by atoms with E-state index in [-0.39, 0.29) is 11.6 Å². The second kappa shape index (κ2) is 3.29. The van der Waals surface area contributed by atoms with Crippen molar-refractivity contribution in [1.82, 2.24) is 0 Å². The van der Waals surface area contributed by atoms with E-state index in [9.17, 15) is 9.50 Å². The summed E-state index contributed by atoms with van der Waals surface area (Å²) < 4.78 is 13.3. The molecule has 0 saturated heterocycles. The lowest BCUT2D eigenvalue weighted by molar-refractivity contribution is 0.478. The van der Waals surface area contributed by atoms with Gasteiger partial charge in [-0.15, -0.1) is 0 Å². The molecule has 0 amide bonds. The van der Waals surface area contributed by atoms with Gasteiger partial charge in [-0.3, -0.25) is 0 Å². The van der Waals surface area contributed by atoms with Crippen LogP contribution in [0.25, 0.3) is 10.8 Å². The Morgan fingerprint density at radius 2 is 2.07 bits per heavy atom. The maximum Gasteiger partial charge on any atom is 0.134 e. The average molecular weight is 190 g/mol. The number of aromatic hydroxyl groups is 1. The summed E-state index contributed by atoms with van der Waals surface area (Å²) in [5.41, 5.74) is 1.01. The SMILES string of the molecule is CCc1cc(O)c2c(F)cccc2c1. The number of phenolic OH excluding ortho intramolecular Hbond substituents is 1. The van der Waals surface area contributed by atoms with E-state index < -0.39 is 0 Å². The minimum absolute atomic E-state index is 0.0254. The lowest BCUT2D eigenvalue weighted by Crippen LogP contribution is -1.84. The van der Waals surface area contributed by atoms with E-state index in [0.717, 1.165) is 17.4 Å². The predicted molar refractivity (Wildman–Crippen MR) is 54.9 cm³/mol. The average Bonchev–Trinajstić information content (AvgIpc) is 2.17. The zero-order valence-corrected chi connectivity index (χ0v) is 7.92. The zero-order valence-electron chi connectivity index (χ0n) is 7.92. The van der Waals surface area contributed by atoms with Crippen molar-refractivity contribution < 1.29 is 9.50 Å². The summed E-state index contributed by atoms with van der Waals surface area (Å²) in [6.07, 6.45) is 0.833. The van der Waals surface area contributed by atoms with Gasteiger partial charge in [0.2, 0.25) is 0 Å². The molecule has 1 N–H and O–H groups in total. The van der Waals surface area contributed by atoms with Crippen molar-refractivity contribution in [3.63, 3.8) is 0 Å². The van der Waals surface area contributed by atoms with Crippen LogP contribution in [-0.4, -0.2) is 5.11 Å². The summed E-state index contributed by atoms with van der Waals surface area (Å²) in [4.78, 5) is 0. The Morgan fingerprint density at radius 1 is 1.29 bits per heavy atom. The van der Waals surface area contributed by atoms with Crippen molar-refractivity contribution in [3.05, 3.63) is 41.7 Å². The fourth-order valence-corrected chi connectivity index (χ4v) is 1.62. The molecule has 14 heavy (non-hydrogen) atoms. The fourth-order valence-electron chi connectivity index (χ4n) is 1.62. The molecule has 2 rings (SSSR count). The maximum absolute atomic E-state index is 13.3. The highest BCUT2D eigenvalue weighted by Gasteiger charge is 2.06. The van der Waals surface area contributed by atoms with Crippen LogP contribution >= 0.6 is 0 Å². The Balaban J connectivity index is 2.83. The number of aryl methyl sites for hydroxylation is 1. The molecule has 0 spiro atoms. The van der Waals surface area contributed by atoms with Gasteiger partial charge in [0.25, 0.3) is 0 Å². The lowest BCUT2D eigenvalue weighted by atomic mass is 10.0. The Morgan fingerprint density at radius 3 is 2.79 bits per heavy atom. The van der Waals surface area contributed by atoms with Crippen LogP contribution in [0.5, 0.6) is 5.75 Å². The van der Waals surface area contributed by atoms with Crippen molar-refractivity contribution in [1.29, 1.82) is 0 Å². The van der Waals surface area contributed by atoms with Crippen LogP contribution < -0.4 is 0 Å². The number of phenols is 1. The standard InChI is InChI=1S/C12H11FO/c1-2-8-6-9-4-3-5-10(13)12(9)11(14)7-8/h3-7,14H,2H2,1H3. The van der Waals surface area contributed by atoms with Gasteiger partial charge >= 0.3 is 0 Å². The van der Waals surface area contributed by atoms with Gasteiger partial charge in [-0.1, -0.05) is 25.1 Å². The molecule has 0 unspecified atom stereocenters. The molecule has 0 aliphatic carbocycles. The Bertz CT molecular complexity index is 477. The van der Waals surface area contributed by atoms with Crippen LogP contribution in [-0.2, 0) is 6.42 Å². The summed E-state index contributed by atoms with van der Waals surface area (Å²) in [6, 6.07) is 8.32. The highest BCUT2D eigenvalue weighted by Crippen LogP contribution is 2.28. The first-order valence-electron chi connectivity index (χ1n) is 4.62. The van der Waals surface area contributed by atoms with Crippen LogP contribution in [0.4, 0.5) is 4.39 Å². The molecule has 0 aliphatic rings. The normalized spacial score (nSPS) is 10.7. The number of hydrogen-bond donors (Lipinski definition) is 1. The molecule has 1 nitrogen and oxygen atoms in total. The molecule has 0 aromatic heterocycles. The van der Waals surface area contributed by atoms with Gasteiger partial charge < -0.3 is 5.11 Å². The zero-order chi connectivity index (χ0) is 10.1. The summed E-state index contributed by atoms with van der Waals surface area (Å²) in [5, 5.41) is 10.7. The Hall–Kier alpha value is -1.57. The monoisotopic (exact) mass is 190 g/mol. The molecular formula is C12H11FO. The Labute approximate surface area is 81.8 Å². The van der Waals surface area contributed by atoms with Gasteiger partial charge in [-0.05, 0) is 29.5 Å². The summed E-state index contributed by atoms with van der Waals surface area (Å²) in [7, 11) is 0. The van der Waals surface area contributed by atoms with Crippen LogP contribution in [0.2, 0.25) is 0 Å². The van der Waals surface area contributed by atoms with Crippen molar-refractivity contribution in [2.75, 3.05) is 0 Å². The topological polar surface area (TPSA) is 20.2 Å². The number of fused-ring (bicyclic) bond motifs is 1. The summed E-state index contributed by atoms with van der Waals surface area (Å²) in [6.45, 7) is 2.00. The predicted octanol–water partition coefficient (Wildman–Crippen LogP) is 3.25. The number of benzene rings is 2. The largest absolute Gasteiger partial charge is 0.507 e. The number of hydrogen-bond acceptors (Lipinski definition) is 1. The number of halogens is 1. The first-order chi connectivity index (χ1) is 6.72. The van der Waals surface area contributed by atoms with Crippen molar-refractivity contribution >= 4 is 10.8 Å². The second-order valence-corrected chi connectivity index (χ2v) is 3.31. The molecule has 72 valence electrons. The molecule has 0 bridgehead atoms. The van der Waals surface area contributed by atoms with E-state index in [0.29, 0.717) is 5.39 Å². The first kappa shape index (κ1) is 9.00. The van der Waals surface area contributed by atoms with E-state index in [1.807, 2.05) is 13.0 Å². The van der Waals surface area contributed by atoms with E-state index in [1.165, 1.54) is 6.07 Å². The molecule has 2 aromatic carbocycles. The minimum atomic E-state index is -0.373. The van der Waals surface area contributed by atoms with E-state index in [1.54, 1.807) is 18.2 Å². The third-order valence-electron chi connectivity index (χ3n) is 2.37. The van der Waals surface area contributed by atoms with Crippen molar-refractivity contribution in [2.24, 2.45) is 0 Å². The first-order valence-corrected chi connectivity index (χ1v) is 4.62. The van der Waals surface area contributed by atoms with Crippen LogP contribution in [0.3, 0.4) is 0 Å². The molecule has 2 heteroatoms. The highest BCUT2D eigenvalue weighted by atomic mass is 19.1. The van der Waals surface area contributed by atoms with E-state index in [4.69, 9.17) is 0 Å². The van der Waals surface area contributed by atoms with E-state index >= 15 is 0 Å². The molecular weight excluding hydrogens is 179 g/mol. The molecule has 0 atom stereocenters. The molecule has 2 aromatic rings. The minimum Gasteiger partial charge on any atom is -0.507 e. The Kier molecular flexibility index (Phi) is 2.12. The fraction of sp³-hybridized carbons (Fsp3) is 0.167. The van der Waals surface area contributed by atoms with Gasteiger partial charge in [0, 0.05) is 0 Å². The smallest absolute Gasteiger partial charge is 0.134 e. The van der Waals surface area contributed by atoms with Gasteiger partial charge in [-0.25, -0.2) is 4.39 Å². The van der Waals surface area contributed by atoms with Gasteiger partial charge in [0.15, 0.2) is 0 Å². The molecule has 0 saturated carbocycles. The third kappa shape index (κ3) is 1.33. The van der Waals surface area contributed by atoms with Crippen molar-refractivity contribution in [2.45, 2.75) is 13.3 Å². The van der Waals surface area contributed by atoms with Gasteiger partial charge in [-0.2, -0.15) is 0 Å². The maximum atomic E-state index is 13.3. The molecule has 0 fully saturated rings. The number of rotatable bonds is 1. The van der Waals surface area contributed by atoms with Crippen LogP contribution in [0.15, 0.2) is 30.3 Å². The summed E-state index contributed by atoms with van der Waals surface area (Å²) >= 11 is 0. The van der Waals surface area contributed by atoms with E-state index in [2.05, 4.69) is 0 Å². The third-order valence-corrected chi connectivity index (χ3v) is 2.37. The molecule has 0 heterocycles. The lowest BCUT2D eigenvalue weighted by Gasteiger charge is -2.05. The van der Waals surface area contributed by atoms with Gasteiger partial charge in [0.1, 0.15) is 11.6 Å². The quantitative estimate of drug-likeness (QED) is 0.731.